The highest BCUT2D eigenvalue weighted by molar-refractivity contribution is 5.85. The van der Waals surface area contributed by atoms with Crippen molar-refractivity contribution in [2.45, 2.75) is 65.1 Å². The molecule has 15 heteroatoms. The van der Waals surface area contributed by atoms with E-state index in [4.69, 9.17) is 28.3 Å². The molecule has 55 heavy (non-hydrogen) atoms. The number of aliphatic carboxylic acids is 1. The summed E-state index contributed by atoms with van der Waals surface area (Å²) < 4.78 is 75.6. The quantitative estimate of drug-likeness (QED) is 0.118. The Kier molecular flexibility index (Phi) is 9.69. The Morgan fingerprint density at radius 3 is 1.76 bits per heavy atom. The Labute approximate surface area is 311 Å². The monoisotopic (exact) mass is 760 g/mol. The maximum atomic E-state index is 13.5. The number of halogens is 4. The number of β-amino-alcohol motifs (C(OH)–C–C–N with tert-alkyl or cyclic N) is 1. The highest BCUT2D eigenvalue weighted by Crippen LogP contribution is 2.40. The van der Waals surface area contributed by atoms with E-state index in [1.165, 1.54) is 12.1 Å². The second-order valence-corrected chi connectivity index (χ2v) is 13.9. The number of carboxylic acids is 1. The smallest absolute Gasteiger partial charge is 0.387 e. The molecule has 2 saturated heterocycles. The minimum atomic E-state index is -3.10. The van der Waals surface area contributed by atoms with Gasteiger partial charge in [-0.2, -0.15) is 17.6 Å². The predicted octanol–water partition coefficient (Wildman–Crippen LogP) is 8.02. The number of fused-ring (bicyclic) bond motifs is 2. The third-order valence-corrected chi connectivity index (χ3v) is 10.3. The Balaban J connectivity index is 1.12. The molecule has 2 aromatic heterocycles. The molecule has 11 nitrogen and oxygen atoms in total. The predicted molar refractivity (Wildman–Crippen MR) is 193 cm³/mol. The summed E-state index contributed by atoms with van der Waals surface area (Å²) >= 11 is 0. The van der Waals surface area contributed by atoms with Gasteiger partial charge in [-0.1, -0.05) is 24.3 Å². The van der Waals surface area contributed by atoms with Crippen LogP contribution >= 0.6 is 0 Å². The lowest BCUT2D eigenvalue weighted by molar-refractivity contribution is -0.142. The molecule has 286 valence electrons. The van der Waals surface area contributed by atoms with Crippen molar-refractivity contribution in [1.82, 2.24) is 19.8 Å². The van der Waals surface area contributed by atoms with E-state index < -0.39 is 31.3 Å². The zero-order chi connectivity index (χ0) is 38.5. The van der Waals surface area contributed by atoms with E-state index in [9.17, 15) is 32.6 Å². The third kappa shape index (κ3) is 7.22. The molecule has 0 bridgehead atoms. The number of aliphatic hydroxyl groups is 1. The Morgan fingerprint density at radius 2 is 1.29 bits per heavy atom. The molecule has 0 saturated carbocycles. The summed E-state index contributed by atoms with van der Waals surface area (Å²) in [4.78, 5) is 24.9. The first-order chi connectivity index (χ1) is 26.4. The van der Waals surface area contributed by atoms with Crippen LogP contribution < -0.4 is 9.47 Å². The van der Waals surface area contributed by atoms with Crippen LogP contribution in [0.2, 0.25) is 0 Å². The Bertz CT molecular complexity index is 2410. The molecule has 0 aliphatic carbocycles. The minimum absolute atomic E-state index is 0.0175. The van der Waals surface area contributed by atoms with Gasteiger partial charge in [-0.15, -0.1) is 0 Å². The number of carbonyl (C=O) groups is 1. The number of carboxylic acid groups (broad SMARTS) is 1. The summed E-state index contributed by atoms with van der Waals surface area (Å²) in [7, 11) is 0. The number of nitrogens with zero attached hydrogens (tertiary/aromatic N) is 4. The van der Waals surface area contributed by atoms with E-state index in [1.54, 1.807) is 17.0 Å². The standard InChI is InChI=1S/C40H36F4N4O7/c1-20-25(6-3-8-27(20)36-45-29-12-22(16-47-18-24(49)19-47)32(54-39(41)42)14-34(29)52-36)26-7-4-9-28(21(26)2)37-46-30-13-23(17-48-11-5-10-31(48)38(50)51)33(55-40(43)44)15-35(30)53-37/h3-4,6-9,12-15,24,31,39-40,49H,5,10-11,16-19H2,1-2H3,(H,50,51)/t31-/m0/s1. The van der Waals surface area contributed by atoms with E-state index in [0.717, 1.165) is 22.3 Å². The van der Waals surface area contributed by atoms with Crippen LogP contribution in [0.15, 0.2) is 69.5 Å². The average molecular weight is 761 g/mol. The molecule has 1 atom stereocenters. The molecule has 2 aliphatic heterocycles. The summed E-state index contributed by atoms with van der Waals surface area (Å²) in [6.07, 6.45) is 0.697. The molecule has 6 aromatic rings. The van der Waals surface area contributed by atoms with E-state index in [2.05, 4.69) is 0 Å². The summed E-state index contributed by atoms with van der Waals surface area (Å²) in [5, 5.41) is 19.3. The fraction of sp³-hybridized carbons (Fsp3) is 0.325. The number of aliphatic hydroxyl groups excluding tert-OH is 1. The normalized spacial score (nSPS) is 16.9. The lowest BCUT2D eigenvalue weighted by Gasteiger charge is -2.36. The first kappa shape index (κ1) is 36.5. The second kappa shape index (κ2) is 14.6. The SMILES string of the molecule is Cc1c(-c2nc3cc(CN4CC(O)C4)c(OC(F)F)cc3o2)cccc1-c1cccc(-c2nc3cc(CN4CCC[C@H]4C(=O)O)c(OC(F)F)cc3o2)c1C. The minimum Gasteiger partial charge on any atom is -0.480 e. The van der Waals surface area contributed by atoms with Crippen LogP contribution in [0.4, 0.5) is 17.6 Å². The zero-order valence-corrected chi connectivity index (χ0v) is 29.8. The number of ether oxygens (including phenoxy) is 2. The van der Waals surface area contributed by atoms with Gasteiger partial charge in [0.25, 0.3) is 0 Å². The van der Waals surface area contributed by atoms with Crippen LogP contribution in [0, 0.1) is 13.8 Å². The molecule has 0 radical (unpaired) electrons. The summed E-state index contributed by atoms with van der Waals surface area (Å²) in [6, 6.07) is 16.7. The molecule has 4 heterocycles. The van der Waals surface area contributed by atoms with Crippen molar-refractivity contribution in [3.8, 4) is 45.5 Å². The molecule has 8 rings (SSSR count). The first-order valence-electron chi connectivity index (χ1n) is 17.8. The van der Waals surface area contributed by atoms with Crippen molar-refractivity contribution >= 4 is 28.2 Å². The van der Waals surface area contributed by atoms with Crippen molar-refractivity contribution in [3.05, 3.63) is 82.9 Å². The van der Waals surface area contributed by atoms with E-state index in [0.29, 0.717) is 78.2 Å². The molecule has 4 aromatic carbocycles. The van der Waals surface area contributed by atoms with Gasteiger partial charge >= 0.3 is 19.2 Å². The van der Waals surface area contributed by atoms with Gasteiger partial charge in [-0.3, -0.25) is 14.6 Å². The fourth-order valence-electron chi connectivity index (χ4n) is 7.63. The van der Waals surface area contributed by atoms with Gasteiger partial charge in [0.05, 0.1) is 6.10 Å². The van der Waals surface area contributed by atoms with Crippen molar-refractivity contribution < 1.29 is 50.9 Å². The number of aromatic nitrogens is 2. The third-order valence-electron chi connectivity index (χ3n) is 10.3. The summed E-state index contributed by atoms with van der Waals surface area (Å²) in [6.45, 7) is -0.503. The molecule has 0 spiro atoms. The molecular weight excluding hydrogens is 724 g/mol. The molecular formula is C40H36F4N4O7. The number of oxazole rings is 2. The van der Waals surface area contributed by atoms with Gasteiger partial charge < -0.3 is 28.5 Å². The van der Waals surface area contributed by atoms with Crippen LogP contribution in [0.25, 0.3) is 56.2 Å². The first-order valence-corrected chi connectivity index (χ1v) is 17.8. The molecule has 0 unspecified atom stereocenters. The van der Waals surface area contributed by atoms with E-state index in [-0.39, 0.29) is 35.1 Å². The van der Waals surface area contributed by atoms with Crippen LogP contribution in [-0.4, -0.2) is 81.0 Å². The summed E-state index contributed by atoms with van der Waals surface area (Å²) in [5.74, 6) is -0.534. The molecule has 2 aliphatic rings. The number of rotatable bonds is 12. The average Bonchev–Trinajstić information content (AvgIpc) is 3.86. The maximum Gasteiger partial charge on any atom is 0.387 e. The van der Waals surface area contributed by atoms with Gasteiger partial charge in [0.2, 0.25) is 11.8 Å². The lowest BCUT2D eigenvalue weighted by atomic mass is 9.91. The van der Waals surface area contributed by atoms with Crippen LogP contribution in [-0.2, 0) is 17.9 Å². The van der Waals surface area contributed by atoms with Crippen molar-refractivity contribution in [3.63, 3.8) is 0 Å². The van der Waals surface area contributed by atoms with Gasteiger partial charge in [0.1, 0.15) is 28.6 Å². The van der Waals surface area contributed by atoms with Gasteiger partial charge in [-0.05, 0) is 79.8 Å². The Morgan fingerprint density at radius 1 is 0.800 bits per heavy atom. The Hall–Kier alpha value is -5.51. The highest BCUT2D eigenvalue weighted by atomic mass is 19.3. The van der Waals surface area contributed by atoms with Gasteiger partial charge in [0, 0.05) is 60.6 Å². The maximum absolute atomic E-state index is 13.5. The summed E-state index contributed by atoms with van der Waals surface area (Å²) in [5.41, 5.74) is 7.01. The van der Waals surface area contributed by atoms with Crippen LogP contribution in [0.3, 0.4) is 0 Å². The van der Waals surface area contributed by atoms with E-state index >= 15 is 0 Å². The number of alkyl halides is 4. The number of benzene rings is 4. The lowest BCUT2D eigenvalue weighted by Crippen LogP contribution is -2.49. The highest BCUT2D eigenvalue weighted by Gasteiger charge is 2.32. The number of hydrogen-bond acceptors (Lipinski definition) is 10. The number of hydrogen-bond donors (Lipinski definition) is 2. The van der Waals surface area contributed by atoms with Gasteiger partial charge in [0.15, 0.2) is 11.2 Å². The zero-order valence-electron chi connectivity index (χ0n) is 29.8. The van der Waals surface area contributed by atoms with Crippen molar-refractivity contribution in [1.29, 1.82) is 0 Å². The van der Waals surface area contributed by atoms with Gasteiger partial charge in [-0.25, -0.2) is 9.97 Å². The van der Waals surface area contributed by atoms with Crippen LogP contribution in [0.1, 0.15) is 35.1 Å². The van der Waals surface area contributed by atoms with Crippen molar-refractivity contribution in [2.24, 2.45) is 0 Å². The molecule has 0 amide bonds. The topological polar surface area (TPSA) is 135 Å². The largest absolute Gasteiger partial charge is 0.480 e. The fourth-order valence-corrected chi connectivity index (χ4v) is 7.63. The van der Waals surface area contributed by atoms with Crippen molar-refractivity contribution in [2.75, 3.05) is 19.6 Å². The van der Waals surface area contributed by atoms with Crippen LogP contribution in [0.5, 0.6) is 11.5 Å². The molecule has 2 fully saturated rings. The molecule has 2 N–H and O–H groups in total. The number of likely N-dealkylation sites (tertiary alicyclic amines) is 2. The van der Waals surface area contributed by atoms with E-state index in [1.807, 2.05) is 55.1 Å². The second-order valence-electron chi connectivity index (χ2n) is 13.9.